The molecule has 0 aliphatic carbocycles. The maximum atomic E-state index is 6.24. The second-order valence-electron chi connectivity index (χ2n) is 5.85. The van der Waals surface area contributed by atoms with E-state index in [1.54, 1.807) is 0 Å². The standard InChI is InChI=1S/C19H21BrClNO/c1-14-22(18(11-12-21)15-7-3-2-4-8-15)13-19(23-14)16-9-5-6-10-17(16)20/h2-10,14,18-19H,11-13H2,1H3. The molecule has 3 rings (SSSR count). The third-order valence-corrected chi connectivity index (χ3v) is 5.36. The lowest BCUT2D eigenvalue weighted by atomic mass is 10.0. The van der Waals surface area contributed by atoms with Crippen LogP contribution in [0.2, 0.25) is 0 Å². The first-order chi connectivity index (χ1) is 11.2. The van der Waals surface area contributed by atoms with E-state index in [9.17, 15) is 0 Å². The van der Waals surface area contributed by atoms with Crippen molar-refractivity contribution in [2.24, 2.45) is 0 Å². The van der Waals surface area contributed by atoms with Crippen LogP contribution in [0.3, 0.4) is 0 Å². The number of halogens is 2. The minimum atomic E-state index is 0.0699. The van der Waals surface area contributed by atoms with Gasteiger partial charge in [0.15, 0.2) is 0 Å². The molecule has 0 amide bonds. The molecular weight excluding hydrogens is 374 g/mol. The Labute approximate surface area is 151 Å². The Balaban J connectivity index is 1.83. The van der Waals surface area contributed by atoms with Crippen molar-refractivity contribution in [2.75, 3.05) is 12.4 Å². The van der Waals surface area contributed by atoms with Crippen molar-refractivity contribution >= 4 is 27.5 Å². The lowest BCUT2D eigenvalue weighted by molar-refractivity contribution is -0.00225. The first-order valence-corrected chi connectivity index (χ1v) is 9.30. The summed E-state index contributed by atoms with van der Waals surface area (Å²) in [6.07, 6.45) is 1.07. The van der Waals surface area contributed by atoms with E-state index in [0.717, 1.165) is 17.4 Å². The fourth-order valence-electron chi connectivity index (χ4n) is 3.29. The summed E-state index contributed by atoms with van der Waals surface area (Å²) in [5.74, 6) is 0.641. The van der Waals surface area contributed by atoms with Crippen molar-refractivity contribution in [1.29, 1.82) is 0 Å². The minimum absolute atomic E-state index is 0.0699. The van der Waals surface area contributed by atoms with Gasteiger partial charge in [-0.05, 0) is 30.5 Å². The molecule has 0 bridgehead atoms. The van der Waals surface area contributed by atoms with E-state index >= 15 is 0 Å². The summed E-state index contributed by atoms with van der Waals surface area (Å²) in [7, 11) is 0. The van der Waals surface area contributed by atoms with Crippen LogP contribution in [-0.2, 0) is 4.74 Å². The summed E-state index contributed by atoms with van der Waals surface area (Å²) in [6, 6.07) is 19.2. The van der Waals surface area contributed by atoms with E-state index in [0.29, 0.717) is 5.88 Å². The Morgan fingerprint density at radius 1 is 1.17 bits per heavy atom. The third-order valence-electron chi connectivity index (χ3n) is 4.42. The van der Waals surface area contributed by atoms with Gasteiger partial charge in [-0.3, -0.25) is 4.90 Å². The van der Waals surface area contributed by atoms with Gasteiger partial charge in [-0.2, -0.15) is 0 Å². The minimum Gasteiger partial charge on any atom is -0.354 e. The molecule has 2 aromatic rings. The Kier molecular flexibility index (Phi) is 5.76. The summed E-state index contributed by atoms with van der Waals surface area (Å²) in [5, 5.41) is 0. The van der Waals surface area contributed by atoms with E-state index in [1.807, 2.05) is 6.07 Å². The summed E-state index contributed by atoms with van der Waals surface area (Å²) < 4.78 is 7.35. The molecule has 0 saturated carbocycles. The van der Waals surface area contributed by atoms with Crippen molar-refractivity contribution in [3.63, 3.8) is 0 Å². The SMILES string of the molecule is CC1OC(c2ccccc2Br)CN1C(CCCl)c1ccccc1. The molecule has 1 heterocycles. The lowest BCUT2D eigenvalue weighted by Crippen LogP contribution is -2.32. The maximum Gasteiger partial charge on any atom is 0.109 e. The highest BCUT2D eigenvalue weighted by Gasteiger charge is 2.36. The number of hydrogen-bond acceptors (Lipinski definition) is 2. The molecule has 3 unspecified atom stereocenters. The molecule has 1 fully saturated rings. The predicted molar refractivity (Wildman–Crippen MR) is 98.7 cm³/mol. The maximum absolute atomic E-state index is 6.24. The van der Waals surface area contributed by atoms with Gasteiger partial charge in [0.2, 0.25) is 0 Å². The highest BCUT2D eigenvalue weighted by Crippen LogP contribution is 2.38. The zero-order valence-corrected chi connectivity index (χ0v) is 15.5. The molecule has 4 heteroatoms. The second kappa shape index (κ2) is 7.80. The second-order valence-corrected chi connectivity index (χ2v) is 7.08. The highest BCUT2D eigenvalue weighted by molar-refractivity contribution is 9.10. The molecule has 1 saturated heterocycles. The zero-order chi connectivity index (χ0) is 16.2. The number of alkyl halides is 1. The number of hydrogen-bond donors (Lipinski definition) is 0. The summed E-state index contributed by atoms with van der Waals surface area (Å²) in [5.41, 5.74) is 2.51. The van der Waals surface area contributed by atoms with Gasteiger partial charge in [0.25, 0.3) is 0 Å². The zero-order valence-electron chi connectivity index (χ0n) is 13.2. The van der Waals surface area contributed by atoms with Gasteiger partial charge in [0.1, 0.15) is 6.23 Å². The molecule has 0 spiro atoms. The van der Waals surface area contributed by atoms with Crippen molar-refractivity contribution < 1.29 is 4.74 Å². The third kappa shape index (κ3) is 3.80. The molecule has 23 heavy (non-hydrogen) atoms. The van der Waals surface area contributed by atoms with Crippen LogP contribution in [0.5, 0.6) is 0 Å². The van der Waals surface area contributed by atoms with Gasteiger partial charge in [0.05, 0.1) is 6.10 Å². The van der Waals surface area contributed by atoms with Crippen LogP contribution in [-0.4, -0.2) is 23.6 Å². The largest absolute Gasteiger partial charge is 0.354 e. The Bertz CT molecular complexity index is 636. The summed E-state index contributed by atoms with van der Waals surface area (Å²) in [6.45, 7) is 3.00. The molecule has 2 aromatic carbocycles. The molecule has 1 aliphatic heterocycles. The smallest absolute Gasteiger partial charge is 0.109 e. The van der Waals surface area contributed by atoms with Gasteiger partial charge in [0, 0.05) is 22.9 Å². The molecule has 1 aliphatic rings. The molecule has 0 aromatic heterocycles. The average Bonchev–Trinajstić information content (AvgIpc) is 2.95. The number of ether oxygens (including phenoxy) is 1. The van der Waals surface area contributed by atoms with Gasteiger partial charge < -0.3 is 4.74 Å². The first kappa shape index (κ1) is 17.0. The Hall–Kier alpha value is -0.870. The van der Waals surface area contributed by atoms with Crippen molar-refractivity contribution in [2.45, 2.75) is 31.7 Å². The van der Waals surface area contributed by atoms with Crippen LogP contribution in [0.15, 0.2) is 59.1 Å². The van der Waals surface area contributed by atoms with E-state index < -0.39 is 0 Å². The van der Waals surface area contributed by atoms with Crippen molar-refractivity contribution in [1.82, 2.24) is 4.90 Å². The highest BCUT2D eigenvalue weighted by atomic mass is 79.9. The monoisotopic (exact) mass is 393 g/mol. The molecule has 0 radical (unpaired) electrons. The Morgan fingerprint density at radius 2 is 1.87 bits per heavy atom. The van der Waals surface area contributed by atoms with Crippen LogP contribution in [0, 0.1) is 0 Å². The number of nitrogens with zero attached hydrogens (tertiary/aromatic N) is 1. The van der Waals surface area contributed by atoms with Crippen molar-refractivity contribution in [3.05, 3.63) is 70.2 Å². The molecule has 0 N–H and O–H groups in total. The molecule has 3 atom stereocenters. The topological polar surface area (TPSA) is 12.5 Å². The number of benzene rings is 2. The molecule has 122 valence electrons. The van der Waals surface area contributed by atoms with Crippen LogP contribution in [0.1, 0.15) is 36.6 Å². The van der Waals surface area contributed by atoms with E-state index in [4.69, 9.17) is 16.3 Å². The van der Waals surface area contributed by atoms with Gasteiger partial charge >= 0.3 is 0 Å². The predicted octanol–water partition coefficient (Wildman–Crippen LogP) is 5.54. The Morgan fingerprint density at radius 3 is 2.57 bits per heavy atom. The fourth-order valence-corrected chi connectivity index (χ4v) is 4.04. The lowest BCUT2D eigenvalue weighted by Gasteiger charge is -2.30. The van der Waals surface area contributed by atoms with Gasteiger partial charge in [-0.15, -0.1) is 11.6 Å². The summed E-state index contributed by atoms with van der Waals surface area (Å²) >= 11 is 9.72. The first-order valence-electron chi connectivity index (χ1n) is 7.97. The van der Waals surface area contributed by atoms with Crippen molar-refractivity contribution in [3.8, 4) is 0 Å². The fraction of sp³-hybridized carbons (Fsp3) is 0.368. The van der Waals surface area contributed by atoms with Crippen LogP contribution < -0.4 is 0 Å². The quantitative estimate of drug-likeness (QED) is 0.617. The van der Waals surface area contributed by atoms with E-state index in [2.05, 4.69) is 76.3 Å². The molecule has 2 nitrogen and oxygen atoms in total. The summed E-state index contributed by atoms with van der Waals surface area (Å²) in [4.78, 5) is 2.42. The van der Waals surface area contributed by atoms with E-state index in [-0.39, 0.29) is 18.4 Å². The average molecular weight is 395 g/mol. The van der Waals surface area contributed by atoms with Gasteiger partial charge in [-0.1, -0.05) is 64.5 Å². The van der Waals surface area contributed by atoms with Crippen LogP contribution in [0.4, 0.5) is 0 Å². The van der Waals surface area contributed by atoms with Crippen LogP contribution in [0.25, 0.3) is 0 Å². The van der Waals surface area contributed by atoms with Crippen LogP contribution >= 0.6 is 27.5 Å². The number of rotatable bonds is 5. The normalized spacial score (nSPS) is 23.1. The molecular formula is C19H21BrClNO. The van der Waals surface area contributed by atoms with Gasteiger partial charge in [-0.25, -0.2) is 0 Å². The van der Waals surface area contributed by atoms with E-state index in [1.165, 1.54) is 11.1 Å².